The first kappa shape index (κ1) is 6.99. The molecule has 0 bridgehead atoms. The molecule has 0 aromatic rings. The van der Waals surface area contributed by atoms with E-state index in [1.807, 2.05) is 0 Å². The Labute approximate surface area is 56.0 Å². The van der Waals surface area contributed by atoms with Gasteiger partial charge in [-0.05, 0) is 0 Å². The Morgan fingerprint density at radius 2 is 2.33 bits per heavy atom. The van der Waals surface area contributed by atoms with Crippen molar-refractivity contribution in [1.82, 2.24) is 4.90 Å². The lowest BCUT2D eigenvalue weighted by Crippen LogP contribution is -2.36. The zero-order valence-corrected chi connectivity index (χ0v) is 6.13. The number of nitrogens with zero attached hydrogens (tertiary/aromatic N) is 2. The fourth-order valence-corrected chi connectivity index (χ4v) is 1.18. The lowest BCUT2D eigenvalue weighted by molar-refractivity contribution is -0.852. The van der Waals surface area contributed by atoms with Crippen molar-refractivity contribution in [2.45, 2.75) is 6.92 Å². The fraction of sp³-hybridized carbons (Fsp3) is 1.00. The van der Waals surface area contributed by atoms with Gasteiger partial charge in [-0.15, -0.1) is 0 Å². The third kappa shape index (κ3) is 1.64. The molecule has 1 unspecified atom stereocenters. The fourth-order valence-electron chi connectivity index (χ4n) is 1.18. The van der Waals surface area contributed by atoms with E-state index in [0.29, 0.717) is 6.67 Å². The maximum absolute atomic E-state index is 11.2. The van der Waals surface area contributed by atoms with Crippen molar-refractivity contribution in [3.05, 3.63) is 5.21 Å². The van der Waals surface area contributed by atoms with Crippen LogP contribution in [0.2, 0.25) is 0 Å². The van der Waals surface area contributed by atoms with E-state index < -0.39 is 0 Å². The maximum Gasteiger partial charge on any atom is 0.134 e. The van der Waals surface area contributed by atoms with Crippen LogP contribution in [0, 0.1) is 5.21 Å². The lowest BCUT2D eigenvalue weighted by atomic mass is 10.6. The third-order valence-electron chi connectivity index (χ3n) is 1.84. The molecule has 1 rings (SSSR count). The second-order valence-corrected chi connectivity index (χ2v) is 2.87. The predicted octanol–water partition coefficient (Wildman–Crippen LogP) is 0.224. The largest absolute Gasteiger partial charge is 0.632 e. The van der Waals surface area contributed by atoms with Crippen LogP contribution in [0.3, 0.4) is 0 Å². The van der Waals surface area contributed by atoms with E-state index in [4.69, 9.17) is 0 Å². The summed E-state index contributed by atoms with van der Waals surface area (Å²) < 4.78 is -0.0756. The number of hydrogen-bond donors (Lipinski definition) is 0. The van der Waals surface area contributed by atoms with Crippen molar-refractivity contribution in [2.75, 3.05) is 33.4 Å². The van der Waals surface area contributed by atoms with Crippen LogP contribution in [0.4, 0.5) is 0 Å². The van der Waals surface area contributed by atoms with E-state index in [-0.39, 0.29) is 4.65 Å². The van der Waals surface area contributed by atoms with Crippen molar-refractivity contribution >= 4 is 0 Å². The molecule has 1 saturated heterocycles. The summed E-state index contributed by atoms with van der Waals surface area (Å²) in [6.07, 6.45) is 0. The standard InChI is InChI=1S/C6H14N2O/c1-3-7-4-5-8(2,9)6-7/h3-6H2,1-2H3. The van der Waals surface area contributed by atoms with E-state index in [1.165, 1.54) is 0 Å². The maximum atomic E-state index is 11.2. The summed E-state index contributed by atoms with van der Waals surface area (Å²) in [4.78, 5) is 2.17. The highest BCUT2D eigenvalue weighted by Gasteiger charge is 2.23. The van der Waals surface area contributed by atoms with E-state index in [0.717, 1.165) is 19.6 Å². The average Bonchev–Trinajstić information content (AvgIpc) is 2.10. The number of hydrogen-bond acceptors (Lipinski definition) is 2. The topological polar surface area (TPSA) is 26.3 Å². The van der Waals surface area contributed by atoms with Gasteiger partial charge in [0, 0.05) is 6.54 Å². The van der Waals surface area contributed by atoms with Gasteiger partial charge < -0.3 is 9.85 Å². The van der Waals surface area contributed by atoms with Gasteiger partial charge in [0.05, 0.1) is 20.1 Å². The monoisotopic (exact) mass is 130 g/mol. The molecule has 1 heterocycles. The van der Waals surface area contributed by atoms with Gasteiger partial charge >= 0.3 is 0 Å². The summed E-state index contributed by atoms with van der Waals surface area (Å²) >= 11 is 0. The molecular weight excluding hydrogens is 116 g/mol. The summed E-state index contributed by atoms with van der Waals surface area (Å²) in [6.45, 7) is 5.50. The van der Waals surface area contributed by atoms with E-state index in [1.54, 1.807) is 7.05 Å². The summed E-state index contributed by atoms with van der Waals surface area (Å²) in [6, 6.07) is 0. The Bertz CT molecular complexity index is 103. The number of rotatable bonds is 1. The molecule has 3 heteroatoms. The zero-order chi connectivity index (χ0) is 6.91. The molecule has 0 aliphatic carbocycles. The molecule has 54 valence electrons. The van der Waals surface area contributed by atoms with E-state index in [9.17, 15) is 5.21 Å². The van der Waals surface area contributed by atoms with Gasteiger partial charge in [0.2, 0.25) is 0 Å². The van der Waals surface area contributed by atoms with Crippen molar-refractivity contribution in [3.8, 4) is 0 Å². The summed E-state index contributed by atoms with van der Waals surface area (Å²) in [7, 11) is 1.73. The molecule has 9 heavy (non-hydrogen) atoms. The first-order valence-electron chi connectivity index (χ1n) is 3.42. The van der Waals surface area contributed by atoms with Crippen molar-refractivity contribution < 1.29 is 4.65 Å². The highest BCUT2D eigenvalue weighted by atomic mass is 16.5. The molecule has 0 saturated carbocycles. The Hall–Kier alpha value is -0.120. The van der Waals surface area contributed by atoms with Crippen LogP contribution in [0.25, 0.3) is 0 Å². The van der Waals surface area contributed by atoms with Gasteiger partial charge in [0.25, 0.3) is 0 Å². The Balaban J connectivity index is 2.38. The van der Waals surface area contributed by atoms with Crippen LogP contribution in [0.5, 0.6) is 0 Å². The quantitative estimate of drug-likeness (QED) is 0.375. The summed E-state index contributed by atoms with van der Waals surface area (Å²) in [5, 5.41) is 11.2. The minimum Gasteiger partial charge on any atom is -0.632 e. The highest BCUT2D eigenvalue weighted by Crippen LogP contribution is 2.09. The van der Waals surface area contributed by atoms with Crippen LogP contribution < -0.4 is 0 Å². The molecule has 1 atom stereocenters. The van der Waals surface area contributed by atoms with Crippen LogP contribution in [-0.2, 0) is 0 Å². The minimum atomic E-state index is -0.0756. The Kier molecular flexibility index (Phi) is 1.75. The zero-order valence-electron chi connectivity index (χ0n) is 6.13. The van der Waals surface area contributed by atoms with Gasteiger partial charge in [-0.3, -0.25) is 4.90 Å². The minimum absolute atomic E-state index is 0.0756. The van der Waals surface area contributed by atoms with Gasteiger partial charge in [0.15, 0.2) is 0 Å². The van der Waals surface area contributed by atoms with Crippen LogP contribution in [0.15, 0.2) is 0 Å². The van der Waals surface area contributed by atoms with Gasteiger partial charge in [-0.1, -0.05) is 6.92 Å². The van der Waals surface area contributed by atoms with Crippen LogP contribution >= 0.6 is 0 Å². The highest BCUT2D eigenvalue weighted by molar-refractivity contribution is 4.57. The van der Waals surface area contributed by atoms with E-state index >= 15 is 0 Å². The first-order valence-corrected chi connectivity index (χ1v) is 3.42. The molecule has 0 N–H and O–H groups in total. The first-order chi connectivity index (χ1) is 4.14. The second-order valence-electron chi connectivity index (χ2n) is 2.87. The van der Waals surface area contributed by atoms with Crippen molar-refractivity contribution in [2.24, 2.45) is 0 Å². The SMILES string of the molecule is CCN1CC[N+](C)([O-])C1. The lowest BCUT2D eigenvalue weighted by Gasteiger charge is -2.32. The number of likely N-dealkylation sites (N-methyl/N-ethyl adjacent to an activating group) is 2. The molecule has 1 aliphatic rings. The molecule has 0 aromatic heterocycles. The summed E-state index contributed by atoms with van der Waals surface area (Å²) in [5.41, 5.74) is 0. The Morgan fingerprint density at radius 1 is 1.67 bits per heavy atom. The molecular formula is C6H14N2O. The molecule has 3 nitrogen and oxygen atoms in total. The number of hydroxylamine groups is 3. The third-order valence-corrected chi connectivity index (χ3v) is 1.84. The average molecular weight is 130 g/mol. The van der Waals surface area contributed by atoms with Crippen molar-refractivity contribution in [1.29, 1.82) is 0 Å². The van der Waals surface area contributed by atoms with Gasteiger partial charge in [-0.2, -0.15) is 0 Å². The molecule has 0 aromatic carbocycles. The molecule has 0 amide bonds. The molecule has 1 aliphatic heterocycles. The van der Waals surface area contributed by atoms with Gasteiger partial charge in [0.1, 0.15) is 6.67 Å². The molecule has 0 spiro atoms. The predicted molar refractivity (Wildman–Crippen MR) is 36.5 cm³/mol. The number of quaternary nitrogens is 1. The van der Waals surface area contributed by atoms with Crippen LogP contribution in [0.1, 0.15) is 6.92 Å². The van der Waals surface area contributed by atoms with Gasteiger partial charge in [-0.25, -0.2) is 0 Å². The van der Waals surface area contributed by atoms with E-state index in [2.05, 4.69) is 11.8 Å². The van der Waals surface area contributed by atoms with Crippen molar-refractivity contribution in [3.63, 3.8) is 0 Å². The smallest absolute Gasteiger partial charge is 0.134 e. The summed E-state index contributed by atoms with van der Waals surface area (Å²) in [5.74, 6) is 0. The normalized spacial score (nSPS) is 37.7. The molecule has 0 radical (unpaired) electrons. The Morgan fingerprint density at radius 3 is 2.56 bits per heavy atom. The van der Waals surface area contributed by atoms with Crippen LogP contribution in [-0.4, -0.2) is 42.9 Å². The molecule has 1 fully saturated rings. The second kappa shape index (κ2) is 2.25.